The summed E-state index contributed by atoms with van der Waals surface area (Å²) in [6.45, 7) is 4.85. The zero-order valence-electron chi connectivity index (χ0n) is 11.6. The fourth-order valence-corrected chi connectivity index (χ4v) is 2.02. The molecule has 5 nitrogen and oxygen atoms in total. The number of carboxylic acids is 1. The molecule has 0 aliphatic heterocycles. The second kappa shape index (κ2) is 8.01. The molecule has 0 bridgehead atoms. The molecule has 110 valence electrons. The van der Waals surface area contributed by atoms with Gasteiger partial charge < -0.3 is 15.7 Å². The summed E-state index contributed by atoms with van der Waals surface area (Å²) in [5.41, 5.74) is 0.399. The van der Waals surface area contributed by atoms with E-state index in [1.807, 2.05) is 13.8 Å². The molecular weight excluding hydrogens is 324 g/mol. The number of aromatic carboxylic acids is 1. The molecule has 0 radical (unpaired) electrons. The summed E-state index contributed by atoms with van der Waals surface area (Å²) in [6.07, 6.45) is 1.07. The summed E-state index contributed by atoms with van der Waals surface area (Å²) in [7, 11) is 0. The molecule has 0 fully saturated rings. The van der Waals surface area contributed by atoms with Gasteiger partial charge in [-0.2, -0.15) is 0 Å². The lowest BCUT2D eigenvalue weighted by Gasteiger charge is -2.10. The first-order valence-electron chi connectivity index (χ1n) is 6.46. The number of hydrogen-bond acceptors (Lipinski definition) is 3. The molecule has 0 unspecified atom stereocenters. The standard InChI is InChI=1S/C14H19BrN2O3/c1-9(2)16-7-3-4-13(18)17-12-6-5-10(15)8-11(12)14(19)20/h5-6,8-9,16H,3-4,7H2,1-2H3,(H,17,18)(H,19,20). The van der Waals surface area contributed by atoms with E-state index in [0.29, 0.717) is 29.0 Å². The van der Waals surface area contributed by atoms with Crippen molar-refractivity contribution in [3.63, 3.8) is 0 Å². The Labute approximate surface area is 126 Å². The Morgan fingerprint density at radius 2 is 2.05 bits per heavy atom. The van der Waals surface area contributed by atoms with Gasteiger partial charge in [0.2, 0.25) is 5.91 Å². The zero-order chi connectivity index (χ0) is 15.1. The van der Waals surface area contributed by atoms with E-state index in [2.05, 4.69) is 26.6 Å². The van der Waals surface area contributed by atoms with Crippen LogP contribution in [0.4, 0.5) is 5.69 Å². The lowest BCUT2D eigenvalue weighted by atomic mass is 10.1. The molecule has 0 spiro atoms. The second-order valence-electron chi connectivity index (χ2n) is 4.76. The van der Waals surface area contributed by atoms with Crippen molar-refractivity contribution in [2.75, 3.05) is 11.9 Å². The molecule has 0 heterocycles. The van der Waals surface area contributed by atoms with Crippen molar-refractivity contribution in [3.05, 3.63) is 28.2 Å². The number of anilines is 1. The lowest BCUT2D eigenvalue weighted by molar-refractivity contribution is -0.116. The van der Waals surface area contributed by atoms with Gasteiger partial charge in [0.15, 0.2) is 0 Å². The van der Waals surface area contributed by atoms with Crippen LogP contribution in [0.5, 0.6) is 0 Å². The van der Waals surface area contributed by atoms with Crippen molar-refractivity contribution in [2.24, 2.45) is 0 Å². The number of carbonyl (C=O) groups is 2. The number of halogens is 1. The van der Waals surface area contributed by atoms with E-state index in [0.717, 1.165) is 6.54 Å². The van der Waals surface area contributed by atoms with Crippen LogP contribution < -0.4 is 10.6 Å². The molecule has 6 heteroatoms. The molecule has 0 aromatic heterocycles. The van der Waals surface area contributed by atoms with Crippen LogP contribution in [-0.2, 0) is 4.79 Å². The van der Waals surface area contributed by atoms with Crippen LogP contribution >= 0.6 is 15.9 Å². The van der Waals surface area contributed by atoms with E-state index >= 15 is 0 Å². The predicted molar refractivity (Wildman–Crippen MR) is 82.1 cm³/mol. The second-order valence-corrected chi connectivity index (χ2v) is 5.67. The minimum atomic E-state index is -1.07. The lowest BCUT2D eigenvalue weighted by Crippen LogP contribution is -2.25. The molecule has 0 aliphatic rings. The molecule has 1 rings (SSSR count). The Hall–Kier alpha value is -1.40. The van der Waals surface area contributed by atoms with Gasteiger partial charge in [-0.1, -0.05) is 29.8 Å². The third-order valence-corrected chi connectivity index (χ3v) is 3.11. The van der Waals surface area contributed by atoms with E-state index in [-0.39, 0.29) is 11.5 Å². The van der Waals surface area contributed by atoms with Crippen molar-refractivity contribution in [1.82, 2.24) is 5.32 Å². The molecule has 1 aromatic carbocycles. The predicted octanol–water partition coefficient (Wildman–Crippen LogP) is 2.86. The first-order chi connectivity index (χ1) is 9.40. The van der Waals surface area contributed by atoms with Crippen molar-refractivity contribution in [2.45, 2.75) is 32.7 Å². The van der Waals surface area contributed by atoms with Crippen molar-refractivity contribution >= 4 is 33.5 Å². The monoisotopic (exact) mass is 342 g/mol. The van der Waals surface area contributed by atoms with Gasteiger partial charge in [-0.15, -0.1) is 0 Å². The summed E-state index contributed by atoms with van der Waals surface area (Å²) < 4.78 is 0.661. The number of carbonyl (C=O) groups excluding carboxylic acids is 1. The largest absolute Gasteiger partial charge is 0.478 e. The van der Waals surface area contributed by atoms with Gasteiger partial charge in [-0.25, -0.2) is 4.79 Å². The summed E-state index contributed by atoms with van der Waals surface area (Å²) in [5.74, 6) is -1.25. The van der Waals surface area contributed by atoms with E-state index in [4.69, 9.17) is 5.11 Å². The molecular formula is C14H19BrN2O3. The average Bonchev–Trinajstić information content (AvgIpc) is 2.36. The Kier molecular flexibility index (Phi) is 6.67. The van der Waals surface area contributed by atoms with E-state index in [1.54, 1.807) is 12.1 Å². The highest BCUT2D eigenvalue weighted by atomic mass is 79.9. The first kappa shape index (κ1) is 16.7. The smallest absolute Gasteiger partial charge is 0.337 e. The quantitative estimate of drug-likeness (QED) is 0.665. The number of benzene rings is 1. The maximum absolute atomic E-state index is 11.8. The Balaban J connectivity index is 2.55. The number of rotatable bonds is 7. The molecule has 20 heavy (non-hydrogen) atoms. The Morgan fingerprint density at radius 1 is 1.35 bits per heavy atom. The minimum Gasteiger partial charge on any atom is -0.478 e. The van der Waals surface area contributed by atoms with Crippen molar-refractivity contribution in [3.8, 4) is 0 Å². The molecule has 0 aliphatic carbocycles. The minimum absolute atomic E-state index is 0.0769. The zero-order valence-corrected chi connectivity index (χ0v) is 13.2. The number of hydrogen-bond donors (Lipinski definition) is 3. The van der Waals surface area contributed by atoms with Crippen molar-refractivity contribution in [1.29, 1.82) is 0 Å². The molecule has 3 N–H and O–H groups in total. The third kappa shape index (κ3) is 5.71. The van der Waals surface area contributed by atoms with Gasteiger partial charge in [-0.05, 0) is 31.2 Å². The van der Waals surface area contributed by atoms with Crippen LogP contribution in [0.15, 0.2) is 22.7 Å². The topological polar surface area (TPSA) is 78.4 Å². The van der Waals surface area contributed by atoms with Crippen LogP contribution in [0.1, 0.15) is 37.0 Å². The van der Waals surface area contributed by atoms with E-state index in [9.17, 15) is 9.59 Å². The maximum atomic E-state index is 11.8. The van der Waals surface area contributed by atoms with Crippen molar-refractivity contribution < 1.29 is 14.7 Å². The number of nitrogens with one attached hydrogen (secondary N) is 2. The van der Waals surface area contributed by atoms with Crippen LogP contribution in [0.2, 0.25) is 0 Å². The highest BCUT2D eigenvalue weighted by Gasteiger charge is 2.12. The summed E-state index contributed by atoms with van der Waals surface area (Å²) in [4.78, 5) is 22.9. The number of amides is 1. The summed E-state index contributed by atoms with van der Waals surface area (Å²) in [5, 5.41) is 15.0. The van der Waals surface area contributed by atoms with Gasteiger partial charge in [0.1, 0.15) is 0 Å². The summed E-state index contributed by atoms with van der Waals surface area (Å²) in [6, 6.07) is 5.14. The number of carboxylic acid groups (broad SMARTS) is 1. The van der Waals surface area contributed by atoms with Crippen LogP contribution in [0, 0.1) is 0 Å². The molecule has 0 saturated heterocycles. The fraction of sp³-hybridized carbons (Fsp3) is 0.429. The van der Waals surface area contributed by atoms with Gasteiger partial charge in [0, 0.05) is 16.9 Å². The van der Waals surface area contributed by atoms with Gasteiger partial charge >= 0.3 is 5.97 Å². The highest BCUT2D eigenvalue weighted by Crippen LogP contribution is 2.21. The first-order valence-corrected chi connectivity index (χ1v) is 7.25. The molecule has 0 atom stereocenters. The maximum Gasteiger partial charge on any atom is 0.337 e. The van der Waals surface area contributed by atoms with Crippen LogP contribution in [0.25, 0.3) is 0 Å². The van der Waals surface area contributed by atoms with Gasteiger partial charge in [0.25, 0.3) is 0 Å². The Morgan fingerprint density at radius 3 is 2.65 bits per heavy atom. The van der Waals surface area contributed by atoms with Gasteiger partial charge in [0.05, 0.1) is 11.3 Å². The fourth-order valence-electron chi connectivity index (χ4n) is 1.65. The molecule has 0 saturated carbocycles. The highest BCUT2D eigenvalue weighted by molar-refractivity contribution is 9.10. The van der Waals surface area contributed by atoms with Crippen LogP contribution in [-0.4, -0.2) is 29.6 Å². The molecule has 1 amide bonds. The normalized spacial score (nSPS) is 10.6. The van der Waals surface area contributed by atoms with E-state index in [1.165, 1.54) is 6.07 Å². The molecule has 1 aromatic rings. The van der Waals surface area contributed by atoms with Crippen LogP contribution in [0.3, 0.4) is 0 Å². The summed E-state index contributed by atoms with van der Waals surface area (Å²) >= 11 is 3.21. The average molecular weight is 343 g/mol. The third-order valence-electron chi connectivity index (χ3n) is 2.62. The van der Waals surface area contributed by atoms with E-state index < -0.39 is 5.97 Å². The van der Waals surface area contributed by atoms with Gasteiger partial charge in [-0.3, -0.25) is 4.79 Å². The Bertz CT molecular complexity index is 489. The SMILES string of the molecule is CC(C)NCCCC(=O)Nc1ccc(Br)cc1C(=O)O.